The fourth-order valence-electron chi connectivity index (χ4n) is 2.15. The molecule has 1 aliphatic heterocycles. The van der Waals surface area contributed by atoms with E-state index in [0.717, 1.165) is 23.0 Å². The molecule has 1 heterocycles. The number of carbonyl (C=O) groups is 1. The average Bonchev–Trinajstić information content (AvgIpc) is 2.64. The van der Waals surface area contributed by atoms with Crippen LogP contribution in [0.25, 0.3) is 10.8 Å². The molecule has 0 saturated carbocycles. The van der Waals surface area contributed by atoms with Crippen molar-refractivity contribution >= 4 is 22.4 Å². The zero-order valence-electron chi connectivity index (χ0n) is 7.95. The Bertz CT molecular complexity index is 565. The number of benzene rings is 2. The summed E-state index contributed by atoms with van der Waals surface area (Å²) in [5.41, 5.74) is 2.58. The van der Waals surface area contributed by atoms with E-state index < -0.39 is 5.97 Å². The maximum atomic E-state index is 11.0. The maximum absolute atomic E-state index is 11.0. The van der Waals surface area contributed by atoms with Crippen LogP contribution in [0.2, 0.25) is 0 Å². The van der Waals surface area contributed by atoms with Gasteiger partial charge < -0.3 is 10.4 Å². The predicted octanol–water partition coefficient (Wildman–Crippen LogP) is 2.46. The molecule has 0 radical (unpaired) electrons. The van der Waals surface area contributed by atoms with Gasteiger partial charge in [0.15, 0.2) is 0 Å². The molecule has 0 saturated heterocycles. The minimum absolute atomic E-state index is 0.374. The first-order valence-corrected chi connectivity index (χ1v) is 4.79. The van der Waals surface area contributed by atoms with Crippen molar-refractivity contribution in [3.63, 3.8) is 0 Å². The topological polar surface area (TPSA) is 49.3 Å². The second-order valence-corrected chi connectivity index (χ2v) is 3.66. The lowest BCUT2D eigenvalue weighted by Gasteiger charge is -2.04. The molecule has 3 nitrogen and oxygen atoms in total. The van der Waals surface area contributed by atoms with Crippen LogP contribution in [0.5, 0.6) is 0 Å². The van der Waals surface area contributed by atoms with Gasteiger partial charge in [0, 0.05) is 17.6 Å². The van der Waals surface area contributed by atoms with Crippen molar-refractivity contribution < 1.29 is 9.90 Å². The van der Waals surface area contributed by atoms with E-state index in [0.29, 0.717) is 5.56 Å². The number of carboxylic acid groups (broad SMARTS) is 1. The van der Waals surface area contributed by atoms with Crippen LogP contribution in [-0.4, -0.2) is 11.1 Å². The quantitative estimate of drug-likeness (QED) is 0.741. The van der Waals surface area contributed by atoms with Crippen LogP contribution in [0.3, 0.4) is 0 Å². The minimum Gasteiger partial charge on any atom is -0.478 e. The second kappa shape index (κ2) is 2.73. The zero-order valence-corrected chi connectivity index (χ0v) is 7.95. The van der Waals surface area contributed by atoms with E-state index in [1.165, 1.54) is 5.56 Å². The van der Waals surface area contributed by atoms with Gasteiger partial charge in [0.25, 0.3) is 0 Å². The maximum Gasteiger partial charge on any atom is 0.336 e. The summed E-state index contributed by atoms with van der Waals surface area (Å²) in [5, 5.41) is 14.2. The highest BCUT2D eigenvalue weighted by atomic mass is 16.4. The lowest BCUT2D eigenvalue weighted by Crippen LogP contribution is -1.97. The third-order valence-corrected chi connectivity index (χ3v) is 2.83. The van der Waals surface area contributed by atoms with Gasteiger partial charge in [-0.05, 0) is 23.1 Å². The predicted molar refractivity (Wildman–Crippen MR) is 58.2 cm³/mol. The Morgan fingerprint density at radius 3 is 2.93 bits per heavy atom. The van der Waals surface area contributed by atoms with E-state index >= 15 is 0 Å². The fraction of sp³-hybridized carbons (Fsp3) is 0.0833. The molecule has 3 heteroatoms. The molecule has 3 rings (SSSR count). The van der Waals surface area contributed by atoms with E-state index in [-0.39, 0.29) is 0 Å². The van der Waals surface area contributed by atoms with Crippen LogP contribution >= 0.6 is 0 Å². The molecule has 2 N–H and O–H groups in total. The monoisotopic (exact) mass is 199 g/mol. The van der Waals surface area contributed by atoms with E-state index in [9.17, 15) is 4.79 Å². The van der Waals surface area contributed by atoms with Crippen LogP contribution in [0.1, 0.15) is 15.9 Å². The summed E-state index contributed by atoms with van der Waals surface area (Å²) in [4.78, 5) is 11.0. The summed E-state index contributed by atoms with van der Waals surface area (Å²) in [6.07, 6.45) is 0. The molecule has 0 atom stereocenters. The molecule has 1 aliphatic rings. The number of carboxylic acids is 1. The molecule has 15 heavy (non-hydrogen) atoms. The number of aromatic carboxylic acids is 1. The van der Waals surface area contributed by atoms with Crippen LogP contribution in [-0.2, 0) is 6.54 Å². The molecule has 0 bridgehead atoms. The van der Waals surface area contributed by atoms with Gasteiger partial charge in [-0.25, -0.2) is 4.79 Å². The van der Waals surface area contributed by atoms with E-state index in [2.05, 4.69) is 5.32 Å². The molecule has 2 aromatic carbocycles. The van der Waals surface area contributed by atoms with Gasteiger partial charge in [0.2, 0.25) is 0 Å². The molecule has 0 aliphatic carbocycles. The van der Waals surface area contributed by atoms with Crippen molar-refractivity contribution in [1.29, 1.82) is 0 Å². The van der Waals surface area contributed by atoms with Gasteiger partial charge in [-0.2, -0.15) is 0 Å². The molecule has 0 aromatic heterocycles. The van der Waals surface area contributed by atoms with Crippen LogP contribution in [0.4, 0.5) is 5.69 Å². The highest BCUT2D eigenvalue weighted by Crippen LogP contribution is 2.34. The van der Waals surface area contributed by atoms with E-state index in [1.807, 2.05) is 24.3 Å². The number of nitrogens with one attached hydrogen (secondary N) is 1. The van der Waals surface area contributed by atoms with Gasteiger partial charge in [-0.15, -0.1) is 0 Å². The molecule has 0 amide bonds. The molecular weight excluding hydrogens is 190 g/mol. The minimum atomic E-state index is -0.870. The number of rotatable bonds is 1. The van der Waals surface area contributed by atoms with Gasteiger partial charge in [0.1, 0.15) is 0 Å². The summed E-state index contributed by atoms with van der Waals surface area (Å²) in [6, 6.07) is 9.28. The van der Waals surface area contributed by atoms with Crippen molar-refractivity contribution in [3.8, 4) is 0 Å². The Hall–Kier alpha value is -2.03. The van der Waals surface area contributed by atoms with Gasteiger partial charge in [0.05, 0.1) is 5.56 Å². The lowest BCUT2D eigenvalue weighted by molar-refractivity contribution is 0.0699. The number of anilines is 1. The van der Waals surface area contributed by atoms with E-state index in [4.69, 9.17) is 5.11 Å². The zero-order chi connectivity index (χ0) is 10.4. The summed E-state index contributed by atoms with van der Waals surface area (Å²) >= 11 is 0. The molecular formula is C12H9NO2. The molecule has 0 spiro atoms. The standard InChI is InChI=1S/C12H9NO2/c14-12(15)9-4-5-10-11-7(6-13-10)2-1-3-8(9)11/h1-5,13H,6H2,(H,14,15). The van der Waals surface area contributed by atoms with Crippen molar-refractivity contribution in [2.45, 2.75) is 6.54 Å². The number of hydrogen-bond acceptors (Lipinski definition) is 2. The molecule has 2 aromatic rings. The Morgan fingerprint density at radius 2 is 2.13 bits per heavy atom. The summed E-state index contributed by atoms with van der Waals surface area (Å²) in [7, 11) is 0. The van der Waals surface area contributed by atoms with Crippen molar-refractivity contribution in [1.82, 2.24) is 0 Å². The first-order chi connectivity index (χ1) is 7.27. The normalized spacial score (nSPS) is 12.8. The van der Waals surface area contributed by atoms with Gasteiger partial charge in [-0.1, -0.05) is 18.2 Å². The Balaban J connectivity index is 2.48. The third-order valence-electron chi connectivity index (χ3n) is 2.83. The highest BCUT2D eigenvalue weighted by molar-refractivity contribution is 6.10. The Morgan fingerprint density at radius 1 is 1.27 bits per heavy atom. The van der Waals surface area contributed by atoms with Crippen LogP contribution in [0, 0.1) is 0 Å². The first-order valence-electron chi connectivity index (χ1n) is 4.79. The van der Waals surface area contributed by atoms with Gasteiger partial charge >= 0.3 is 5.97 Å². The fourth-order valence-corrected chi connectivity index (χ4v) is 2.15. The molecule has 0 fully saturated rings. The van der Waals surface area contributed by atoms with Gasteiger partial charge in [-0.3, -0.25) is 0 Å². The van der Waals surface area contributed by atoms with Crippen LogP contribution in [0.15, 0.2) is 30.3 Å². The van der Waals surface area contributed by atoms with E-state index in [1.54, 1.807) is 6.07 Å². The lowest BCUT2D eigenvalue weighted by atomic mass is 10.0. The Labute approximate surface area is 86.3 Å². The summed E-state index contributed by atoms with van der Waals surface area (Å²) in [6.45, 7) is 0.787. The Kier molecular flexibility index (Phi) is 1.51. The first kappa shape index (κ1) is 8.29. The third kappa shape index (κ3) is 1.03. The SMILES string of the molecule is O=C(O)c1ccc2c3c(cccc13)CN2. The van der Waals surface area contributed by atoms with Crippen molar-refractivity contribution in [2.75, 3.05) is 5.32 Å². The highest BCUT2D eigenvalue weighted by Gasteiger charge is 2.17. The second-order valence-electron chi connectivity index (χ2n) is 3.66. The summed E-state index contributed by atoms with van der Waals surface area (Å²) in [5.74, 6) is -0.870. The molecule has 0 unspecified atom stereocenters. The average molecular weight is 199 g/mol. The largest absolute Gasteiger partial charge is 0.478 e. The van der Waals surface area contributed by atoms with Crippen molar-refractivity contribution in [2.24, 2.45) is 0 Å². The van der Waals surface area contributed by atoms with Crippen molar-refractivity contribution in [3.05, 3.63) is 41.5 Å². The summed E-state index contributed by atoms with van der Waals surface area (Å²) < 4.78 is 0. The number of hydrogen-bond donors (Lipinski definition) is 2. The smallest absolute Gasteiger partial charge is 0.336 e. The van der Waals surface area contributed by atoms with Crippen LogP contribution < -0.4 is 5.32 Å². The molecule has 74 valence electrons.